The largest absolute Gasteiger partial charge is 0.379 e. The molecule has 0 spiro atoms. The Hall–Kier alpha value is -1.89. The first-order valence-corrected chi connectivity index (χ1v) is 8.50. The Morgan fingerprint density at radius 3 is 3.08 bits per heavy atom. The molecule has 0 amide bonds. The van der Waals surface area contributed by atoms with E-state index in [1.807, 2.05) is 4.90 Å². The van der Waals surface area contributed by atoms with Crippen LogP contribution in [0.3, 0.4) is 0 Å². The Labute approximate surface area is 143 Å². The van der Waals surface area contributed by atoms with E-state index in [0.717, 1.165) is 25.5 Å². The summed E-state index contributed by atoms with van der Waals surface area (Å²) in [6.07, 6.45) is 2.54. The summed E-state index contributed by atoms with van der Waals surface area (Å²) in [7, 11) is 1.75. The van der Waals surface area contributed by atoms with E-state index in [4.69, 9.17) is 4.74 Å². The van der Waals surface area contributed by atoms with Crippen LogP contribution in [0.1, 0.15) is 20.3 Å². The van der Waals surface area contributed by atoms with E-state index in [1.165, 1.54) is 6.07 Å². The quantitative estimate of drug-likeness (QED) is 0.450. The molecule has 24 heavy (non-hydrogen) atoms. The fourth-order valence-corrected chi connectivity index (χ4v) is 2.63. The van der Waals surface area contributed by atoms with E-state index in [2.05, 4.69) is 34.5 Å². The highest BCUT2D eigenvalue weighted by Gasteiger charge is 2.25. The van der Waals surface area contributed by atoms with Crippen molar-refractivity contribution in [2.75, 3.05) is 44.8 Å². The van der Waals surface area contributed by atoms with Gasteiger partial charge in [-0.1, -0.05) is 13.8 Å². The van der Waals surface area contributed by atoms with Crippen LogP contribution >= 0.6 is 0 Å². The van der Waals surface area contributed by atoms with Gasteiger partial charge < -0.3 is 20.3 Å². The lowest BCUT2D eigenvalue weighted by Crippen LogP contribution is -2.45. The van der Waals surface area contributed by atoms with Gasteiger partial charge in [0.2, 0.25) is 0 Å². The third-order valence-electron chi connectivity index (χ3n) is 3.78. The fraction of sp³-hybridized carbons (Fsp3) is 0.647. The smallest absolute Gasteiger partial charge is 0.191 e. The molecule has 1 saturated heterocycles. The predicted molar refractivity (Wildman–Crippen MR) is 95.0 cm³/mol. The van der Waals surface area contributed by atoms with Gasteiger partial charge in [-0.25, -0.2) is 9.37 Å². The number of ether oxygens (including phenoxy) is 1. The SMILES string of the molecule is CN=C(NCCOCC(C)C)NC1CCN(c2ncccc2F)C1. The molecule has 1 atom stereocenters. The summed E-state index contributed by atoms with van der Waals surface area (Å²) < 4.78 is 19.4. The highest BCUT2D eigenvalue weighted by atomic mass is 19.1. The molecule has 1 fully saturated rings. The molecule has 1 aliphatic rings. The minimum atomic E-state index is -0.275. The van der Waals surface area contributed by atoms with Crippen molar-refractivity contribution in [1.82, 2.24) is 15.6 Å². The van der Waals surface area contributed by atoms with Crippen molar-refractivity contribution in [2.24, 2.45) is 10.9 Å². The topological polar surface area (TPSA) is 61.8 Å². The van der Waals surface area contributed by atoms with Gasteiger partial charge in [0.05, 0.1) is 6.61 Å². The van der Waals surface area contributed by atoms with Crippen LogP contribution in [0.5, 0.6) is 0 Å². The van der Waals surface area contributed by atoms with E-state index in [0.29, 0.717) is 31.4 Å². The zero-order valence-electron chi connectivity index (χ0n) is 14.8. The van der Waals surface area contributed by atoms with Crippen molar-refractivity contribution < 1.29 is 9.13 Å². The van der Waals surface area contributed by atoms with E-state index in [-0.39, 0.29) is 11.9 Å². The monoisotopic (exact) mass is 337 g/mol. The molecule has 134 valence electrons. The maximum absolute atomic E-state index is 13.8. The molecule has 1 unspecified atom stereocenters. The first-order chi connectivity index (χ1) is 11.6. The van der Waals surface area contributed by atoms with E-state index in [1.54, 1.807) is 19.3 Å². The molecule has 0 bridgehead atoms. The fourth-order valence-electron chi connectivity index (χ4n) is 2.63. The first-order valence-electron chi connectivity index (χ1n) is 8.50. The summed E-state index contributed by atoms with van der Waals surface area (Å²) in [5.74, 6) is 1.44. The number of rotatable bonds is 7. The molecule has 2 N–H and O–H groups in total. The number of aliphatic imine (C=N–C) groups is 1. The molecular weight excluding hydrogens is 309 g/mol. The number of guanidine groups is 1. The van der Waals surface area contributed by atoms with Crippen molar-refractivity contribution in [3.8, 4) is 0 Å². The van der Waals surface area contributed by atoms with Crippen LogP contribution in [0.15, 0.2) is 23.3 Å². The van der Waals surface area contributed by atoms with Gasteiger partial charge in [-0.15, -0.1) is 0 Å². The minimum Gasteiger partial charge on any atom is -0.379 e. The van der Waals surface area contributed by atoms with Gasteiger partial charge in [0.25, 0.3) is 0 Å². The van der Waals surface area contributed by atoms with Crippen molar-refractivity contribution in [3.63, 3.8) is 0 Å². The number of aromatic nitrogens is 1. The molecule has 0 aromatic carbocycles. The third-order valence-corrected chi connectivity index (χ3v) is 3.78. The number of hydrogen-bond donors (Lipinski definition) is 2. The normalized spacial score (nSPS) is 18.3. The van der Waals surface area contributed by atoms with Crippen LogP contribution in [0.2, 0.25) is 0 Å². The van der Waals surface area contributed by atoms with Crippen LogP contribution in [0, 0.1) is 11.7 Å². The molecule has 6 nitrogen and oxygen atoms in total. The predicted octanol–water partition coefficient (Wildman–Crippen LogP) is 1.64. The van der Waals surface area contributed by atoms with E-state index >= 15 is 0 Å². The number of pyridine rings is 1. The molecule has 0 aliphatic carbocycles. The Balaban J connectivity index is 1.74. The third kappa shape index (κ3) is 5.63. The molecular formula is C17H28FN5O. The summed E-state index contributed by atoms with van der Waals surface area (Å²) in [6.45, 7) is 7.86. The van der Waals surface area contributed by atoms with Gasteiger partial charge in [0.15, 0.2) is 17.6 Å². The summed E-state index contributed by atoms with van der Waals surface area (Å²) in [5.41, 5.74) is 0. The highest BCUT2D eigenvalue weighted by Crippen LogP contribution is 2.20. The Morgan fingerprint density at radius 2 is 2.38 bits per heavy atom. The molecule has 2 heterocycles. The minimum absolute atomic E-state index is 0.217. The van der Waals surface area contributed by atoms with Crippen LogP contribution in [0.4, 0.5) is 10.2 Å². The van der Waals surface area contributed by atoms with Crippen molar-refractivity contribution >= 4 is 11.8 Å². The molecule has 1 aromatic rings. The van der Waals surface area contributed by atoms with E-state index in [9.17, 15) is 4.39 Å². The van der Waals surface area contributed by atoms with Crippen molar-refractivity contribution in [1.29, 1.82) is 0 Å². The highest BCUT2D eigenvalue weighted by molar-refractivity contribution is 5.80. The first kappa shape index (κ1) is 18.4. The Kier molecular flexibility index (Phi) is 7.24. The molecule has 1 aliphatic heterocycles. The molecule has 7 heteroatoms. The summed E-state index contributed by atoms with van der Waals surface area (Å²) >= 11 is 0. The average Bonchev–Trinajstić information content (AvgIpc) is 3.02. The lowest BCUT2D eigenvalue weighted by molar-refractivity contribution is 0.114. The average molecular weight is 337 g/mol. The second kappa shape index (κ2) is 9.42. The zero-order chi connectivity index (χ0) is 17.4. The van der Waals surface area contributed by atoms with Crippen LogP contribution < -0.4 is 15.5 Å². The zero-order valence-corrected chi connectivity index (χ0v) is 14.8. The lowest BCUT2D eigenvalue weighted by Gasteiger charge is -2.20. The van der Waals surface area contributed by atoms with Crippen molar-refractivity contribution in [3.05, 3.63) is 24.1 Å². The molecule has 0 saturated carbocycles. The Bertz CT molecular complexity index is 537. The number of anilines is 1. The van der Waals surface area contributed by atoms with E-state index < -0.39 is 0 Å². The molecule has 0 radical (unpaired) electrons. The van der Waals surface area contributed by atoms with Gasteiger partial charge in [-0.2, -0.15) is 0 Å². The Morgan fingerprint density at radius 1 is 1.54 bits per heavy atom. The number of nitrogens with one attached hydrogen (secondary N) is 2. The van der Waals surface area contributed by atoms with Gasteiger partial charge in [-0.05, 0) is 24.5 Å². The maximum atomic E-state index is 13.8. The lowest BCUT2D eigenvalue weighted by atomic mass is 10.2. The standard InChI is InChI=1S/C17H28FN5O/c1-13(2)12-24-10-8-21-17(19-3)22-14-6-9-23(11-14)16-15(18)5-4-7-20-16/h4-5,7,13-14H,6,8-12H2,1-3H3,(H2,19,21,22). The molecule has 1 aromatic heterocycles. The van der Waals surface area contributed by atoms with Gasteiger partial charge in [0, 0.05) is 45.5 Å². The van der Waals surface area contributed by atoms with Gasteiger partial charge >= 0.3 is 0 Å². The summed E-state index contributed by atoms with van der Waals surface area (Å²) in [6, 6.07) is 3.27. The molecule has 2 rings (SSSR count). The number of hydrogen-bond acceptors (Lipinski definition) is 4. The second-order valence-electron chi connectivity index (χ2n) is 6.35. The van der Waals surface area contributed by atoms with Gasteiger partial charge in [-0.3, -0.25) is 4.99 Å². The second-order valence-corrected chi connectivity index (χ2v) is 6.35. The maximum Gasteiger partial charge on any atom is 0.191 e. The summed E-state index contributed by atoms with van der Waals surface area (Å²) in [5, 5.41) is 6.62. The van der Waals surface area contributed by atoms with Crippen LogP contribution in [-0.2, 0) is 4.74 Å². The number of nitrogens with zero attached hydrogens (tertiary/aromatic N) is 3. The van der Waals surface area contributed by atoms with Crippen LogP contribution in [0.25, 0.3) is 0 Å². The van der Waals surface area contributed by atoms with Crippen molar-refractivity contribution in [2.45, 2.75) is 26.3 Å². The van der Waals surface area contributed by atoms with Crippen LogP contribution in [-0.4, -0.2) is 56.9 Å². The van der Waals surface area contributed by atoms with Gasteiger partial charge in [0.1, 0.15) is 0 Å². The number of halogens is 1. The summed E-state index contributed by atoms with van der Waals surface area (Å²) in [4.78, 5) is 10.3.